The van der Waals surface area contributed by atoms with Gasteiger partial charge in [-0.05, 0) is 42.5 Å². The van der Waals surface area contributed by atoms with Crippen LogP contribution in [0.1, 0.15) is 17.5 Å². The van der Waals surface area contributed by atoms with Crippen molar-refractivity contribution in [1.82, 2.24) is 5.32 Å². The fourth-order valence-electron chi connectivity index (χ4n) is 2.27. The minimum Gasteiger partial charge on any atom is -0.497 e. The molecule has 17 heavy (non-hydrogen) atoms. The lowest BCUT2D eigenvalue weighted by atomic mass is 9.88. The third-order valence-corrected chi connectivity index (χ3v) is 3.18. The van der Waals surface area contributed by atoms with Gasteiger partial charge in [-0.25, -0.2) is 0 Å². The number of carboxylic acids is 1. The highest BCUT2D eigenvalue weighted by Crippen LogP contribution is 2.25. The average molecular weight is 235 g/mol. The first-order valence-corrected chi connectivity index (χ1v) is 5.80. The van der Waals surface area contributed by atoms with Crippen LogP contribution in [0.5, 0.6) is 5.75 Å². The number of benzene rings is 1. The van der Waals surface area contributed by atoms with Gasteiger partial charge in [0.25, 0.3) is 0 Å². The number of nitrogens with one attached hydrogen (secondary N) is 1. The molecule has 0 fully saturated rings. The molecule has 2 N–H and O–H groups in total. The molecule has 0 radical (unpaired) electrons. The molecule has 0 aliphatic heterocycles. The van der Waals surface area contributed by atoms with E-state index in [1.165, 1.54) is 11.1 Å². The first-order chi connectivity index (χ1) is 8.19. The molecule has 1 aromatic rings. The van der Waals surface area contributed by atoms with Crippen LogP contribution in [0.3, 0.4) is 0 Å². The second-order valence-electron chi connectivity index (χ2n) is 4.35. The number of hydrogen-bond donors (Lipinski definition) is 2. The van der Waals surface area contributed by atoms with Gasteiger partial charge in [0.15, 0.2) is 0 Å². The Morgan fingerprint density at radius 1 is 1.53 bits per heavy atom. The zero-order valence-electron chi connectivity index (χ0n) is 9.90. The number of aryl methyl sites for hydroxylation is 1. The Bertz CT molecular complexity index is 417. The first kappa shape index (κ1) is 11.9. The summed E-state index contributed by atoms with van der Waals surface area (Å²) in [6, 6.07) is 6.38. The molecule has 0 heterocycles. The van der Waals surface area contributed by atoms with Crippen LogP contribution >= 0.6 is 0 Å². The molecule has 0 bridgehead atoms. The van der Waals surface area contributed by atoms with Crippen LogP contribution in [0.25, 0.3) is 0 Å². The monoisotopic (exact) mass is 235 g/mol. The Morgan fingerprint density at radius 2 is 2.35 bits per heavy atom. The van der Waals surface area contributed by atoms with Gasteiger partial charge in [0, 0.05) is 6.04 Å². The van der Waals surface area contributed by atoms with Gasteiger partial charge in [0.2, 0.25) is 0 Å². The van der Waals surface area contributed by atoms with E-state index in [-0.39, 0.29) is 12.6 Å². The molecule has 0 amide bonds. The fraction of sp³-hybridized carbons (Fsp3) is 0.462. The van der Waals surface area contributed by atoms with Gasteiger partial charge < -0.3 is 15.2 Å². The van der Waals surface area contributed by atoms with Crippen molar-refractivity contribution >= 4 is 5.97 Å². The zero-order valence-corrected chi connectivity index (χ0v) is 9.90. The highest BCUT2D eigenvalue weighted by Gasteiger charge is 2.19. The number of rotatable bonds is 4. The number of hydrogen-bond acceptors (Lipinski definition) is 3. The molecule has 1 aromatic carbocycles. The van der Waals surface area contributed by atoms with Crippen molar-refractivity contribution in [3.63, 3.8) is 0 Å². The van der Waals surface area contributed by atoms with Crippen LogP contribution in [0, 0.1) is 0 Å². The van der Waals surface area contributed by atoms with Crippen molar-refractivity contribution in [2.45, 2.75) is 25.3 Å². The number of methoxy groups -OCH3 is 1. The van der Waals surface area contributed by atoms with Gasteiger partial charge in [0.1, 0.15) is 5.75 Å². The minimum atomic E-state index is -0.804. The molecule has 1 aliphatic carbocycles. The van der Waals surface area contributed by atoms with Crippen LogP contribution in [0.2, 0.25) is 0 Å². The Balaban J connectivity index is 2.03. The van der Waals surface area contributed by atoms with Gasteiger partial charge in [-0.1, -0.05) is 6.07 Å². The maximum Gasteiger partial charge on any atom is 0.317 e. The maximum atomic E-state index is 10.5. The highest BCUT2D eigenvalue weighted by atomic mass is 16.5. The second kappa shape index (κ2) is 5.19. The summed E-state index contributed by atoms with van der Waals surface area (Å²) in [5, 5.41) is 11.7. The summed E-state index contributed by atoms with van der Waals surface area (Å²) in [5.74, 6) is 0.0593. The second-order valence-corrected chi connectivity index (χ2v) is 4.35. The third-order valence-electron chi connectivity index (χ3n) is 3.18. The summed E-state index contributed by atoms with van der Waals surface area (Å²) in [5.41, 5.74) is 2.61. The van der Waals surface area contributed by atoms with Crippen molar-refractivity contribution in [2.24, 2.45) is 0 Å². The number of aliphatic carboxylic acids is 1. The first-order valence-electron chi connectivity index (χ1n) is 5.80. The molecule has 0 aromatic heterocycles. The Labute approximate surface area is 101 Å². The van der Waals surface area contributed by atoms with E-state index in [9.17, 15) is 4.79 Å². The summed E-state index contributed by atoms with van der Waals surface area (Å²) in [6.07, 6.45) is 2.86. The quantitative estimate of drug-likeness (QED) is 0.824. The smallest absolute Gasteiger partial charge is 0.317 e. The summed E-state index contributed by atoms with van der Waals surface area (Å²) in [4.78, 5) is 10.5. The Kier molecular flexibility index (Phi) is 3.64. The van der Waals surface area contributed by atoms with Crippen LogP contribution in [-0.2, 0) is 17.6 Å². The van der Waals surface area contributed by atoms with Crippen molar-refractivity contribution in [3.05, 3.63) is 29.3 Å². The van der Waals surface area contributed by atoms with Crippen LogP contribution < -0.4 is 10.1 Å². The lowest BCUT2D eigenvalue weighted by Gasteiger charge is -2.25. The molecule has 92 valence electrons. The van der Waals surface area contributed by atoms with Crippen molar-refractivity contribution in [1.29, 1.82) is 0 Å². The van der Waals surface area contributed by atoms with E-state index in [0.29, 0.717) is 0 Å². The molecule has 1 aliphatic rings. The highest BCUT2D eigenvalue weighted by molar-refractivity contribution is 5.69. The normalized spacial score (nSPS) is 18.5. The van der Waals surface area contributed by atoms with E-state index in [2.05, 4.69) is 11.4 Å². The van der Waals surface area contributed by atoms with Crippen LogP contribution in [0.4, 0.5) is 0 Å². The molecule has 2 rings (SSSR count). The van der Waals surface area contributed by atoms with Crippen molar-refractivity contribution in [2.75, 3.05) is 13.7 Å². The summed E-state index contributed by atoms with van der Waals surface area (Å²) >= 11 is 0. The van der Waals surface area contributed by atoms with E-state index < -0.39 is 5.97 Å². The predicted octanol–water partition coefficient (Wildman–Crippen LogP) is 1.23. The lowest BCUT2D eigenvalue weighted by molar-refractivity contribution is -0.136. The van der Waals surface area contributed by atoms with Crippen LogP contribution in [-0.4, -0.2) is 30.8 Å². The lowest BCUT2D eigenvalue weighted by Crippen LogP contribution is -2.37. The summed E-state index contributed by atoms with van der Waals surface area (Å²) < 4.78 is 5.20. The fourth-order valence-corrected chi connectivity index (χ4v) is 2.27. The van der Waals surface area contributed by atoms with E-state index in [0.717, 1.165) is 25.0 Å². The number of carboxylic acid groups (broad SMARTS) is 1. The van der Waals surface area contributed by atoms with Gasteiger partial charge in [-0.3, -0.25) is 4.79 Å². The topological polar surface area (TPSA) is 58.6 Å². The maximum absolute atomic E-state index is 10.5. The van der Waals surface area contributed by atoms with Gasteiger partial charge in [-0.2, -0.15) is 0 Å². The predicted molar refractivity (Wildman–Crippen MR) is 64.4 cm³/mol. The Morgan fingerprint density at radius 3 is 3.06 bits per heavy atom. The molecule has 0 spiro atoms. The molecule has 1 atom stereocenters. The Hall–Kier alpha value is -1.55. The largest absolute Gasteiger partial charge is 0.497 e. The minimum absolute atomic E-state index is 0.0317. The number of ether oxygens (including phenoxy) is 1. The van der Waals surface area contributed by atoms with Gasteiger partial charge >= 0.3 is 5.97 Å². The number of fused-ring (bicyclic) bond motifs is 1. The van der Waals surface area contributed by atoms with Gasteiger partial charge in [0.05, 0.1) is 13.7 Å². The number of carbonyl (C=O) groups is 1. The molecule has 1 unspecified atom stereocenters. The summed E-state index contributed by atoms with van der Waals surface area (Å²) in [6.45, 7) is 0.0317. The molecule has 0 saturated heterocycles. The molecular formula is C13H17NO3. The van der Waals surface area contributed by atoms with E-state index in [1.807, 2.05) is 12.1 Å². The van der Waals surface area contributed by atoms with Crippen molar-refractivity contribution in [3.8, 4) is 5.75 Å². The summed E-state index contributed by atoms with van der Waals surface area (Å²) in [7, 11) is 1.66. The SMILES string of the molecule is COc1ccc2c(c1)CC(NCC(=O)O)CC2. The molecule has 4 heteroatoms. The molecule has 0 saturated carbocycles. The van der Waals surface area contributed by atoms with E-state index in [1.54, 1.807) is 7.11 Å². The van der Waals surface area contributed by atoms with Crippen molar-refractivity contribution < 1.29 is 14.6 Å². The van der Waals surface area contributed by atoms with Gasteiger partial charge in [-0.15, -0.1) is 0 Å². The standard InChI is InChI=1S/C13H17NO3/c1-17-12-5-3-9-2-4-11(6-10(9)7-12)14-8-13(15)16/h3,5,7,11,14H,2,4,6,8H2,1H3,(H,15,16). The average Bonchev–Trinajstić information content (AvgIpc) is 2.35. The molecule has 4 nitrogen and oxygen atoms in total. The van der Waals surface area contributed by atoms with E-state index >= 15 is 0 Å². The molecular weight excluding hydrogens is 218 g/mol. The third kappa shape index (κ3) is 2.97. The van der Waals surface area contributed by atoms with E-state index in [4.69, 9.17) is 9.84 Å². The van der Waals surface area contributed by atoms with Crippen LogP contribution in [0.15, 0.2) is 18.2 Å². The zero-order chi connectivity index (χ0) is 12.3.